The van der Waals surface area contributed by atoms with E-state index in [1.807, 2.05) is 0 Å². The van der Waals surface area contributed by atoms with Gasteiger partial charge in [-0.15, -0.1) is 0 Å². The molecule has 1 fully saturated rings. The first-order chi connectivity index (χ1) is 8.08. The lowest BCUT2D eigenvalue weighted by molar-refractivity contribution is -0.130. The van der Waals surface area contributed by atoms with E-state index in [-0.39, 0.29) is 17.4 Å². The highest BCUT2D eigenvalue weighted by atomic mass is 16.4. The van der Waals surface area contributed by atoms with Crippen LogP contribution in [0.5, 0.6) is 0 Å². The Morgan fingerprint density at radius 2 is 2.06 bits per heavy atom. The van der Waals surface area contributed by atoms with Crippen molar-refractivity contribution < 1.29 is 14.7 Å². The first kappa shape index (κ1) is 11.4. The molecule has 0 atom stereocenters. The quantitative estimate of drug-likeness (QED) is 0.780. The number of carbonyl (C=O) groups excluding carboxylic acids is 1. The van der Waals surface area contributed by atoms with E-state index >= 15 is 0 Å². The summed E-state index contributed by atoms with van der Waals surface area (Å²) in [6.07, 6.45) is 1.88. The molecule has 4 nitrogen and oxygen atoms in total. The van der Waals surface area contributed by atoms with Gasteiger partial charge in [-0.05, 0) is 30.5 Å². The SMILES string of the molecule is C=C(C(=O)O)c1cccc(NC(=O)C2CC2)c1. The number of carboxylic acids is 1. The number of rotatable bonds is 4. The van der Waals surface area contributed by atoms with Gasteiger partial charge in [-0.1, -0.05) is 18.7 Å². The fourth-order valence-corrected chi connectivity index (χ4v) is 1.50. The molecule has 1 aliphatic rings. The number of amides is 1. The summed E-state index contributed by atoms with van der Waals surface area (Å²) >= 11 is 0. The van der Waals surface area contributed by atoms with Crippen molar-refractivity contribution in [3.05, 3.63) is 36.4 Å². The smallest absolute Gasteiger partial charge is 0.335 e. The molecule has 88 valence electrons. The van der Waals surface area contributed by atoms with Crippen molar-refractivity contribution in [2.45, 2.75) is 12.8 Å². The van der Waals surface area contributed by atoms with Gasteiger partial charge in [-0.2, -0.15) is 0 Å². The highest BCUT2D eigenvalue weighted by molar-refractivity contribution is 6.14. The third kappa shape index (κ3) is 2.72. The zero-order valence-corrected chi connectivity index (χ0v) is 9.27. The van der Waals surface area contributed by atoms with Crippen LogP contribution in [0.4, 0.5) is 5.69 Å². The first-order valence-corrected chi connectivity index (χ1v) is 5.41. The molecular weight excluding hydrogens is 218 g/mol. The largest absolute Gasteiger partial charge is 0.478 e. The maximum atomic E-state index is 11.5. The predicted molar refractivity (Wildman–Crippen MR) is 64.5 cm³/mol. The van der Waals surface area contributed by atoms with E-state index in [4.69, 9.17) is 5.11 Å². The molecule has 0 saturated heterocycles. The van der Waals surface area contributed by atoms with Crippen LogP contribution in [0.15, 0.2) is 30.8 Å². The predicted octanol–water partition coefficient (Wildman–Crippen LogP) is 2.13. The van der Waals surface area contributed by atoms with E-state index in [9.17, 15) is 9.59 Å². The van der Waals surface area contributed by atoms with E-state index in [1.165, 1.54) is 0 Å². The van der Waals surface area contributed by atoms with Crippen LogP contribution in [-0.2, 0) is 9.59 Å². The molecule has 0 spiro atoms. The third-order valence-electron chi connectivity index (χ3n) is 2.68. The summed E-state index contributed by atoms with van der Waals surface area (Å²) in [6.45, 7) is 3.48. The van der Waals surface area contributed by atoms with Gasteiger partial charge < -0.3 is 10.4 Å². The van der Waals surface area contributed by atoms with Crippen molar-refractivity contribution in [2.24, 2.45) is 5.92 Å². The number of hydrogen-bond acceptors (Lipinski definition) is 2. The van der Waals surface area contributed by atoms with E-state index in [0.717, 1.165) is 12.8 Å². The zero-order chi connectivity index (χ0) is 12.4. The summed E-state index contributed by atoms with van der Waals surface area (Å²) in [5.74, 6) is -0.930. The van der Waals surface area contributed by atoms with Crippen molar-refractivity contribution in [3.8, 4) is 0 Å². The van der Waals surface area contributed by atoms with Crippen molar-refractivity contribution in [1.29, 1.82) is 0 Å². The highest BCUT2D eigenvalue weighted by Gasteiger charge is 2.29. The highest BCUT2D eigenvalue weighted by Crippen LogP contribution is 2.30. The molecule has 0 unspecified atom stereocenters. The van der Waals surface area contributed by atoms with Crippen molar-refractivity contribution >= 4 is 23.1 Å². The van der Waals surface area contributed by atoms with Crippen LogP contribution in [0.3, 0.4) is 0 Å². The summed E-state index contributed by atoms with van der Waals surface area (Å²) in [5.41, 5.74) is 1.14. The number of carbonyl (C=O) groups is 2. The van der Waals surface area contributed by atoms with Gasteiger partial charge in [0.1, 0.15) is 0 Å². The average molecular weight is 231 g/mol. The Kier molecular flexibility index (Phi) is 2.95. The lowest BCUT2D eigenvalue weighted by Crippen LogP contribution is -2.13. The van der Waals surface area contributed by atoms with Crippen LogP contribution in [0.25, 0.3) is 5.57 Å². The monoisotopic (exact) mass is 231 g/mol. The van der Waals surface area contributed by atoms with Gasteiger partial charge in [-0.25, -0.2) is 4.79 Å². The van der Waals surface area contributed by atoms with Crippen LogP contribution in [0, 0.1) is 5.92 Å². The molecule has 1 aromatic carbocycles. The Bertz CT molecular complexity index is 489. The molecule has 1 saturated carbocycles. The fourth-order valence-electron chi connectivity index (χ4n) is 1.50. The van der Waals surface area contributed by atoms with Crippen LogP contribution >= 0.6 is 0 Å². The number of aliphatic carboxylic acids is 1. The van der Waals surface area contributed by atoms with Gasteiger partial charge in [0.25, 0.3) is 0 Å². The van der Waals surface area contributed by atoms with Gasteiger partial charge in [0, 0.05) is 11.6 Å². The molecule has 1 aromatic rings. The molecule has 1 aliphatic carbocycles. The van der Waals surface area contributed by atoms with Gasteiger partial charge in [0.15, 0.2) is 0 Å². The second-order valence-electron chi connectivity index (χ2n) is 4.13. The summed E-state index contributed by atoms with van der Waals surface area (Å²) in [4.78, 5) is 22.3. The summed E-state index contributed by atoms with van der Waals surface area (Å²) in [7, 11) is 0. The molecule has 17 heavy (non-hydrogen) atoms. The molecule has 4 heteroatoms. The molecule has 0 bridgehead atoms. The minimum absolute atomic E-state index is 0.00286. The normalized spacial score (nSPS) is 14.1. The average Bonchev–Trinajstić information content (AvgIpc) is 3.12. The number of carboxylic acid groups (broad SMARTS) is 1. The molecule has 1 amide bonds. The topological polar surface area (TPSA) is 66.4 Å². The lowest BCUT2D eigenvalue weighted by atomic mass is 10.1. The molecule has 2 rings (SSSR count). The van der Waals surface area contributed by atoms with Gasteiger partial charge >= 0.3 is 5.97 Å². The number of nitrogens with one attached hydrogen (secondary N) is 1. The number of benzene rings is 1. The fraction of sp³-hybridized carbons (Fsp3) is 0.231. The Morgan fingerprint density at radius 1 is 1.35 bits per heavy atom. The maximum Gasteiger partial charge on any atom is 0.335 e. The Morgan fingerprint density at radius 3 is 2.65 bits per heavy atom. The number of anilines is 1. The van der Waals surface area contributed by atoms with E-state index in [0.29, 0.717) is 11.3 Å². The Labute approximate surface area is 99.0 Å². The first-order valence-electron chi connectivity index (χ1n) is 5.41. The van der Waals surface area contributed by atoms with E-state index in [1.54, 1.807) is 24.3 Å². The maximum absolute atomic E-state index is 11.5. The van der Waals surface area contributed by atoms with E-state index in [2.05, 4.69) is 11.9 Å². The molecule has 0 heterocycles. The Hall–Kier alpha value is -2.10. The summed E-state index contributed by atoms with van der Waals surface area (Å²) in [6, 6.07) is 6.71. The second kappa shape index (κ2) is 4.41. The summed E-state index contributed by atoms with van der Waals surface area (Å²) in [5, 5.41) is 11.6. The van der Waals surface area contributed by atoms with Gasteiger partial charge in [0.05, 0.1) is 5.57 Å². The van der Waals surface area contributed by atoms with Crippen LogP contribution in [-0.4, -0.2) is 17.0 Å². The molecule has 2 N–H and O–H groups in total. The molecule has 0 radical (unpaired) electrons. The van der Waals surface area contributed by atoms with Gasteiger partial charge in [0.2, 0.25) is 5.91 Å². The minimum Gasteiger partial charge on any atom is -0.478 e. The van der Waals surface area contributed by atoms with Crippen LogP contribution < -0.4 is 5.32 Å². The third-order valence-corrected chi connectivity index (χ3v) is 2.68. The molecule has 0 aliphatic heterocycles. The lowest BCUT2D eigenvalue weighted by Gasteiger charge is -2.06. The molecular formula is C13H13NO3. The van der Waals surface area contributed by atoms with E-state index < -0.39 is 5.97 Å². The summed E-state index contributed by atoms with van der Waals surface area (Å²) < 4.78 is 0. The standard InChI is InChI=1S/C13H13NO3/c1-8(13(16)17)10-3-2-4-11(7-10)14-12(15)9-5-6-9/h2-4,7,9H,1,5-6H2,(H,14,15)(H,16,17). The Balaban J connectivity index is 2.13. The van der Waals surface area contributed by atoms with Crippen molar-refractivity contribution in [2.75, 3.05) is 5.32 Å². The molecule has 0 aromatic heterocycles. The van der Waals surface area contributed by atoms with Crippen LogP contribution in [0.1, 0.15) is 18.4 Å². The zero-order valence-electron chi connectivity index (χ0n) is 9.27. The minimum atomic E-state index is -1.06. The van der Waals surface area contributed by atoms with Crippen LogP contribution in [0.2, 0.25) is 0 Å². The van der Waals surface area contributed by atoms with Crippen molar-refractivity contribution in [1.82, 2.24) is 0 Å². The van der Waals surface area contributed by atoms with Crippen molar-refractivity contribution in [3.63, 3.8) is 0 Å². The second-order valence-corrected chi connectivity index (χ2v) is 4.13. The van der Waals surface area contributed by atoms with Gasteiger partial charge in [-0.3, -0.25) is 4.79 Å². The number of hydrogen-bond donors (Lipinski definition) is 2.